The van der Waals surface area contributed by atoms with Crippen molar-refractivity contribution in [2.75, 3.05) is 26.0 Å². The summed E-state index contributed by atoms with van der Waals surface area (Å²) in [5.41, 5.74) is 2.04. The SMILES string of the molecule is COc1ccccc1NCCC(=O)N(C)Cc1ccccc1. The van der Waals surface area contributed by atoms with Crippen molar-refractivity contribution < 1.29 is 9.53 Å². The number of hydrogen-bond acceptors (Lipinski definition) is 3. The molecular formula is C18H22N2O2. The third-order valence-corrected chi connectivity index (χ3v) is 3.45. The minimum absolute atomic E-state index is 0.117. The number of rotatable bonds is 7. The predicted octanol–water partition coefficient (Wildman–Crippen LogP) is 3.16. The zero-order chi connectivity index (χ0) is 15.8. The van der Waals surface area contributed by atoms with Crippen LogP contribution in [0.25, 0.3) is 0 Å². The molecular weight excluding hydrogens is 276 g/mol. The number of carbonyl (C=O) groups is 1. The molecule has 0 fully saturated rings. The summed E-state index contributed by atoms with van der Waals surface area (Å²) in [7, 11) is 3.47. The number of hydrogen-bond donors (Lipinski definition) is 1. The maximum atomic E-state index is 12.1. The molecule has 2 aromatic rings. The van der Waals surface area contributed by atoms with E-state index in [-0.39, 0.29) is 5.91 Å². The molecule has 0 aliphatic carbocycles. The van der Waals surface area contributed by atoms with Crippen LogP contribution in [-0.2, 0) is 11.3 Å². The molecule has 0 aliphatic heterocycles. The topological polar surface area (TPSA) is 41.6 Å². The molecule has 0 atom stereocenters. The summed E-state index contributed by atoms with van der Waals surface area (Å²) in [5, 5.41) is 3.24. The molecule has 0 heterocycles. The molecule has 2 rings (SSSR count). The Morgan fingerprint density at radius 2 is 1.77 bits per heavy atom. The molecule has 0 aromatic heterocycles. The third kappa shape index (κ3) is 4.52. The Kier molecular flexibility index (Phi) is 5.83. The first-order valence-electron chi connectivity index (χ1n) is 7.35. The third-order valence-electron chi connectivity index (χ3n) is 3.45. The van der Waals surface area contributed by atoms with E-state index in [4.69, 9.17) is 4.74 Å². The minimum atomic E-state index is 0.117. The summed E-state index contributed by atoms with van der Waals surface area (Å²) in [6.45, 7) is 1.21. The Labute approximate surface area is 131 Å². The minimum Gasteiger partial charge on any atom is -0.495 e. The first kappa shape index (κ1) is 15.9. The summed E-state index contributed by atoms with van der Waals surface area (Å²) in [6.07, 6.45) is 0.446. The van der Waals surface area contributed by atoms with Gasteiger partial charge in [-0.1, -0.05) is 42.5 Å². The van der Waals surface area contributed by atoms with E-state index in [1.807, 2.05) is 61.6 Å². The fraction of sp³-hybridized carbons (Fsp3) is 0.278. The molecule has 1 N–H and O–H groups in total. The highest BCUT2D eigenvalue weighted by atomic mass is 16.5. The molecule has 0 radical (unpaired) electrons. The smallest absolute Gasteiger partial charge is 0.224 e. The molecule has 0 aliphatic rings. The molecule has 0 bridgehead atoms. The van der Waals surface area contributed by atoms with E-state index in [0.717, 1.165) is 17.0 Å². The molecule has 116 valence electrons. The van der Waals surface area contributed by atoms with E-state index in [2.05, 4.69) is 5.32 Å². The Hall–Kier alpha value is -2.49. The van der Waals surface area contributed by atoms with E-state index in [9.17, 15) is 4.79 Å². The quantitative estimate of drug-likeness (QED) is 0.853. The van der Waals surface area contributed by atoms with Gasteiger partial charge < -0.3 is 15.0 Å². The van der Waals surface area contributed by atoms with Crippen LogP contribution >= 0.6 is 0 Å². The molecule has 0 spiro atoms. The lowest BCUT2D eigenvalue weighted by atomic mass is 10.2. The first-order valence-corrected chi connectivity index (χ1v) is 7.35. The number of amides is 1. The maximum absolute atomic E-state index is 12.1. The lowest BCUT2D eigenvalue weighted by Crippen LogP contribution is -2.27. The predicted molar refractivity (Wildman–Crippen MR) is 89.0 cm³/mol. The summed E-state index contributed by atoms with van der Waals surface area (Å²) < 4.78 is 5.27. The number of nitrogens with one attached hydrogen (secondary N) is 1. The number of para-hydroxylation sites is 2. The van der Waals surface area contributed by atoms with Gasteiger partial charge in [0.25, 0.3) is 0 Å². The maximum Gasteiger partial charge on any atom is 0.224 e. The van der Waals surface area contributed by atoms with Gasteiger partial charge in [-0.2, -0.15) is 0 Å². The number of anilines is 1. The molecule has 1 amide bonds. The van der Waals surface area contributed by atoms with E-state index < -0.39 is 0 Å². The largest absolute Gasteiger partial charge is 0.495 e. The second-order valence-electron chi connectivity index (χ2n) is 5.11. The van der Waals surface area contributed by atoms with E-state index >= 15 is 0 Å². The molecule has 0 saturated carbocycles. The molecule has 2 aromatic carbocycles. The lowest BCUT2D eigenvalue weighted by Gasteiger charge is -2.18. The van der Waals surface area contributed by atoms with Crippen LogP contribution < -0.4 is 10.1 Å². The summed E-state index contributed by atoms with van der Waals surface area (Å²) in [6, 6.07) is 17.7. The van der Waals surface area contributed by atoms with Crippen molar-refractivity contribution in [1.82, 2.24) is 4.90 Å². The second-order valence-corrected chi connectivity index (χ2v) is 5.11. The number of nitrogens with zero attached hydrogens (tertiary/aromatic N) is 1. The van der Waals surface area contributed by atoms with Crippen molar-refractivity contribution in [1.29, 1.82) is 0 Å². The van der Waals surface area contributed by atoms with Crippen LogP contribution in [0.4, 0.5) is 5.69 Å². The Morgan fingerprint density at radius 1 is 1.09 bits per heavy atom. The van der Waals surface area contributed by atoms with Crippen molar-refractivity contribution in [2.24, 2.45) is 0 Å². The molecule has 4 nitrogen and oxygen atoms in total. The van der Waals surface area contributed by atoms with Gasteiger partial charge >= 0.3 is 0 Å². The monoisotopic (exact) mass is 298 g/mol. The van der Waals surface area contributed by atoms with Crippen LogP contribution in [0.1, 0.15) is 12.0 Å². The van der Waals surface area contributed by atoms with Crippen molar-refractivity contribution in [2.45, 2.75) is 13.0 Å². The van der Waals surface area contributed by atoms with Gasteiger partial charge in [-0.3, -0.25) is 4.79 Å². The van der Waals surface area contributed by atoms with Crippen LogP contribution in [0.3, 0.4) is 0 Å². The van der Waals surface area contributed by atoms with Crippen molar-refractivity contribution in [3.05, 3.63) is 60.2 Å². The van der Waals surface area contributed by atoms with Gasteiger partial charge in [-0.05, 0) is 17.7 Å². The zero-order valence-electron chi connectivity index (χ0n) is 13.1. The highest BCUT2D eigenvalue weighted by molar-refractivity contribution is 5.76. The number of carbonyl (C=O) groups excluding carboxylic acids is 1. The normalized spacial score (nSPS) is 10.1. The van der Waals surface area contributed by atoms with Crippen molar-refractivity contribution in [3.8, 4) is 5.75 Å². The molecule has 0 unspecified atom stereocenters. The average molecular weight is 298 g/mol. The number of benzene rings is 2. The van der Waals surface area contributed by atoms with Crippen LogP contribution in [0.2, 0.25) is 0 Å². The van der Waals surface area contributed by atoms with Gasteiger partial charge in [0.15, 0.2) is 0 Å². The van der Waals surface area contributed by atoms with Crippen molar-refractivity contribution in [3.63, 3.8) is 0 Å². The summed E-state index contributed by atoms with van der Waals surface area (Å²) in [4.78, 5) is 13.9. The number of methoxy groups -OCH3 is 1. The van der Waals surface area contributed by atoms with Gasteiger partial charge in [0, 0.05) is 26.6 Å². The Morgan fingerprint density at radius 3 is 2.50 bits per heavy atom. The van der Waals surface area contributed by atoms with Gasteiger partial charge in [-0.25, -0.2) is 0 Å². The summed E-state index contributed by atoms with van der Waals surface area (Å²) >= 11 is 0. The molecule has 22 heavy (non-hydrogen) atoms. The van der Waals surface area contributed by atoms with Gasteiger partial charge in [0.05, 0.1) is 12.8 Å². The Bertz CT molecular complexity index is 599. The Balaban J connectivity index is 1.80. The van der Waals surface area contributed by atoms with Crippen molar-refractivity contribution >= 4 is 11.6 Å². The lowest BCUT2D eigenvalue weighted by molar-refractivity contribution is -0.130. The van der Waals surface area contributed by atoms with Crippen LogP contribution in [0.5, 0.6) is 5.75 Å². The van der Waals surface area contributed by atoms with Gasteiger partial charge in [-0.15, -0.1) is 0 Å². The summed E-state index contributed by atoms with van der Waals surface area (Å²) in [5.74, 6) is 0.902. The fourth-order valence-corrected chi connectivity index (χ4v) is 2.23. The van der Waals surface area contributed by atoms with Gasteiger partial charge in [0.2, 0.25) is 5.91 Å². The van der Waals surface area contributed by atoms with E-state index in [1.54, 1.807) is 12.0 Å². The second kappa shape index (κ2) is 8.08. The fourth-order valence-electron chi connectivity index (χ4n) is 2.23. The molecule has 0 saturated heterocycles. The van der Waals surface area contributed by atoms with E-state index in [1.165, 1.54) is 0 Å². The molecule has 4 heteroatoms. The van der Waals surface area contributed by atoms with E-state index in [0.29, 0.717) is 19.5 Å². The zero-order valence-corrected chi connectivity index (χ0v) is 13.1. The van der Waals surface area contributed by atoms with Crippen LogP contribution in [0, 0.1) is 0 Å². The van der Waals surface area contributed by atoms with Crippen LogP contribution in [-0.4, -0.2) is 31.5 Å². The highest BCUT2D eigenvalue weighted by Gasteiger charge is 2.09. The number of ether oxygens (including phenoxy) is 1. The standard InChI is InChI=1S/C18H22N2O2/c1-20(14-15-8-4-3-5-9-15)18(21)12-13-19-16-10-6-7-11-17(16)22-2/h3-11,19H,12-14H2,1-2H3. The van der Waals surface area contributed by atoms with Gasteiger partial charge in [0.1, 0.15) is 5.75 Å². The average Bonchev–Trinajstić information content (AvgIpc) is 2.56. The first-order chi connectivity index (χ1) is 10.7. The van der Waals surface area contributed by atoms with Crippen LogP contribution in [0.15, 0.2) is 54.6 Å². The highest BCUT2D eigenvalue weighted by Crippen LogP contribution is 2.22.